The predicted molar refractivity (Wildman–Crippen MR) is 93.7 cm³/mol. The zero-order valence-corrected chi connectivity index (χ0v) is 15.0. The van der Waals surface area contributed by atoms with Gasteiger partial charge in [0.15, 0.2) is 5.78 Å². The number of carbonyl (C=O) groups excluding carboxylic acids is 2. The number of ether oxygens (including phenoxy) is 1. The molecule has 0 aromatic heterocycles. The van der Waals surface area contributed by atoms with E-state index < -0.39 is 5.41 Å². The highest BCUT2D eigenvalue weighted by Gasteiger charge is 2.29. The maximum absolute atomic E-state index is 12.1. The van der Waals surface area contributed by atoms with Crippen LogP contribution in [0, 0.1) is 5.41 Å². The summed E-state index contributed by atoms with van der Waals surface area (Å²) in [6, 6.07) is 7.20. The molecule has 1 aromatic carbocycles. The van der Waals surface area contributed by atoms with Crippen molar-refractivity contribution >= 4 is 35.1 Å². The van der Waals surface area contributed by atoms with Gasteiger partial charge in [0.05, 0.1) is 22.3 Å². The highest BCUT2D eigenvalue weighted by atomic mass is 35.5. The molecular weight excluding hydrogens is 334 g/mol. The molecule has 0 atom stereocenters. The molecule has 2 rings (SSSR count). The van der Waals surface area contributed by atoms with Crippen molar-refractivity contribution in [3.8, 4) is 5.75 Å². The van der Waals surface area contributed by atoms with Gasteiger partial charge in [0, 0.05) is 11.5 Å². The standard InChI is InChI=1S/C17H20ClNO3S/c1-17(2,3)14(20)10-16-19(15(21)11-23-16)8-9-22-13-7-5-4-6-12(13)18/h4-7,10H,8-9,11H2,1-3H3. The fraction of sp³-hybridized carbons (Fsp3) is 0.412. The number of carbonyl (C=O) groups is 2. The second kappa shape index (κ2) is 7.41. The van der Waals surface area contributed by atoms with Crippen LogP contribution in [0.1, 0.15) is 20.8 Å². The molecule has 124 valence electrons. The van der Waals surface area contributed by atoms with Crippen LogP contribution in [0.4, 0.5) is 0 Å². The lowest BCUT2D eigenvalue weighted by Gasteiger charge is -2.19. The molecule has 0 unspecified atom stereocenters. The molecule has 6 heteroatoms. The van der Waals surface area contributed by atoms with Gasteiger partial charge in [0.2, 0.25) is 5.91 Å². The summed E-state index contributed by atoms with van der Waals surface area (Å²) >= 11 is 7.42. The molecule has 0 aliphatic carbocycles. The molecule has 1 aliphatic rings. The minimum absolute atomic E-state index is 0.00622. The van der Waals surface area contributed by atoms with Gasteiger partial charge in [0.25, 0.3) is 0 Å². The van der Waals surface area contributed by atoms with Crippen LogP contribution in [-0.4, -0.2) is 35.5 Å². The van der Waals surface area contributed by atoms with Crippen LogP contribution in [0.25, 0.3) is 0 Å². The average molecular weight is 354 g/mol. The Kier molecular flexibility index (Phi) is 5.76. The largest absolute Gasteiger partial charge is 0.490 e. The number of ketones is 1. The molecule has 1 saturated heterocycles. The van der Waals surface area contributed by atoms with E-state index in [1.807, 2.05) is 32.9 Å². The van der Waals surface area contributed by atoms with Crippen LogP contribution < -0.4 is 4.74 Å². The van der Waals surface area contributed by atoms with Crippen LogP contribution >= 0.6 is 23.4 Å². The molecule has 1 fully saturated rings. The first-order chi connectivity index (χ1) is 10.8. The van der Waals surface area contributed by atoms with E-state index >= 15 is 0 Å². The summed E-state index contributed by atoms with van der Waals surface area (Å²) in [7, 11) is 0. The fourth-order valence-corrected chi connectivity index (χ4v) is 3.06. The summed E-state index contributed by atoms with van der Waals surface area (Å²) in [5, 5.41) is 1.23. The molecule has 0 saturated carbocycles. The molecule has 23 heavy (non-hydrogen) atoms. The third-order valence-corrected chi connectivity index (χ3v) is 4.65. The molecule has 0 N–H and O–H groups in total. The van der Waals surface area contributed by atoms with E-state index in [9.17, 15) is 9.59 Å². The topological polar surface area (TPSA) is 46.6 Å². The summed E-state index contributed by atoms with van der Waals surface area (Å²) in [5.74, 6) is 0.942. The summed E-state index contributed by atoms with van der Waals surface area (Å²) in [5.41, 5.74) is -0.459. The first-order valence-electron chi connectivity index (χ1n) is 7.35. The van der Waals surface area contributed by atoms with Gasteiger partial charge in [-0.15, -0.1) is 0 Å². The second-order valence-corrected chi connectivity index (χ2v) is 7.61. The Morgan fingerprint density at radius 1 is 1.39 bits per heavy atom. The number of thioether (sulfide) groups is 1. The first kappa shape index (κ1) is 17.9. The van der Waals surface area contributed by atoms with Crippen LogP contribution in [0.5, 0.6) is 5.75 Å². The number of nitrogens with zero attached hydrogens (tertiary/aromatic N) is 1. The molecule has 1 amide bonds. The molecule has 0 bridgehead atoms. The van der Waals surface area contributed by atoms with Crippen molar-refractivity contribution in [3.63, 3.8) is 0 Å². The summed E-state index contributed by atoms with van der Waals surface area (Å²) in [6.45, 7) is 6.29. The molecule has 0 spiro atoms. The third-order valence-electron chi connectivity index (χ3n) is 3.31. The van der Waals surface area contributed by atoms with Gasteiger partial charge in [0.1, 0.15) is 12.4 Å². The fourth-order valence-electron chi connectivity index (χ4n) is 1.91. The van der Waals surface area contributed by atoms with E-state index in [-0.39, 0.29) is 11.7 Å². The Bertz CT molecular complexity index is 637. The van der Waals surface area contributed by atoms with Crippen LogP contribution in [0.2, 0.25) is 5.02 Å². The lowest BCUT2D eigenvalue weighted by molar-refractivity contribution is -0.125. The SMILES string of the molecule is CC(C)(C)C(=O)C=C1SCC(=O)N1CCOc1ccccc1Cl. The average Bonchev–Trinajstić information content (AvgIpc) is 2.81. The van der Waals surface area contributed by atoms with Crippen LogP contribution in [-0.2, 0) is 9.59 Å². The Morgan fingerprint density at radius 2 is 2.09 bits per heavy atom. The number of halogens is 1. The molecule has 1 aromatic rings. The van der Waals surface area contributed by atoms with Crippen LogP contribution in [0.15, 0.2) is 35.4 Å². The quantitative estimate of drug-likeness (QED) is 0.756. The Hall–Kier alpha value is -1.46. The Morgan fingerprint density at radius 3 is 2.74 bits per heavy atom. The molecule has 1 heterocycles. The summed E-state index contributed by atoms with van der Waals surface area (Å²) in [4.78, 5) is 25.7. The minimum atomic E-state index is -0.459. The van der Waals surface area contributed by atoms with Gasteiger partial charge in [-0.3, -0.25) is 9.59 Å². The van der Waals surface area contributed by atoms with Gasteiger partial charge in [-0.25, -0.2) is 0 Å². The number of para-hydroxylation sites is 1. The lowest BCUT2D eigenvalue weighted by atomic mass is 9.91. The van der Waals surface area contributed by atoms with E-state index in [0.29, 0.717) is 34.7 Å². The van der Waals surface area contributed by atoms with Crippen molar-refractivity contribution in [3.05, 3.63) is 40.4 Å². The van der Waals surface area contributed by atoms with Gasteiger partial charge >= 0.3 is 0 Å². The van der Waals surface area contributed by atoms with Crippen molar-refractivity contribution in [2.24, 2.45) is 5.41 Å². The summed E-state index contributed by atoms with van der Waals surface area (Å²) < 4.78 is 5.62. The molecule has 0 radical (unpaired) electrons. The normalized spacial score (nSPS) is 17.0. The van der Waals surface area contributed by atoms with Crippen molar-refractivity contribution in [1.82, 2.24) is 4.90 Å². The zero-order chi connectivity index (χ0) is 17.0. The number of hydrogen-bond donors (Lipinski definition) is 0. The summed E-state index contributed by atoms with van der Waals surface area (Å²) in [6.07, 6.45) is 1.56. The van der Waals surface area contributed by atoms with Gasteiger partial charge in [-0.1, -0.05) is 56.3 Å². The second-order valence-electron chi connectivity index (χ2n) is 6.21. The maximum Gasteiger partial charge on any atom is 0.237 e. The van der Waals surface area contributed by atoms with Crippen molar-refractivity contribution in [2.45, 2.75) is 20.8 Å². The van der Waals surface area contributed by atoms with E-state index in [1.165, 1.54) is 11.8 Å². The monoisotopic (exact) mass is 353 g/mol. The maximum atomic E-state index is 12.1. The zero-order valence-electron chi connectivity index (χ0n) is 13.5. The van der Waals surface area contributed by atoms with Crippen molar-refractivity contribution in [1.29, 1.82) is 0 Å². The van der Waals surface area contributed by atoms with Gasteiger partial charge < -0.3 is 9.64 Å². The number of hydrogen-bond acceptors (Lipinski definition) is 4. The van der Waals surface area contributed by atoms with E-state index in [2.05, 4.69) is 0 Å². The highest BCUT2D eigenvalue weighted by molar-refractivity contribution is 8.04. The number of allylic oxidation sites excluding steroid dienone is 1. The highest BCUT2D eigenvalue weighted by Crippen LogP contribution is 2.30. The van der Waals surface area contributed by atoms with E-state index in [1.54, 1.807) is 23.1 Å². The van der Waals surface area contributed by atoms with Crippen molar-refractivity contribution < 1.29 is 14.3 Å². The van der Waals surface area contributed by atoms with Gasteiger partial charge in [-0.2, -0.15) is 0 Å². The van der Waals surface area contributed by atoms with E-state index in [4.69, 9.17) is 16.3 Å². The van der Waals surface area contributed by atoms with Crippen LogP contribution in [0.3, 0.4) is 0 Å². The van der Waals surface area contributed by atoms with Crippen molar-refractivity contribution in [2.75, 3.05) is 18.9 Å². The smallest absolute Gasteiger partial charge is 0.237 e. The Balaban J connectivity index is 1.99. The molecular formula is C17H20ClNO3S. The minimum Gasteiger partial charge on any atom is -0.490 e. The number of amides is 1. The molecule has 4 nitrogen and oxygen atoms in total. The molecule has 1 aliphatic heterocycles. The first-order valence-corrected chi connectivity index (χ1v) is 8.72. The number of rotatable bonds is 5. The number of benzene rings is 1. The Labute approximate surface area is 145 Å². The lowest BCUT2D eigenvalue weighted by Crippen LogP contribution is -2.30. The predicted octanol–water partition coefficient (Wildman–Crippen LogP) is 3.75. The van der Waals surface area contributed by atoms with Gasteiger partial charge in [-0.05, 0) is 12.1 Å². The third kappa shape index (κ3) is 4.75. The van der Waals surface area contributed by atoms with E-state index in [0.717, 1.165) is 0 Å².